The van der Waals surface area contributed by atoms with Crippen molar-refractivity contribution in [1.29, 1.82) is 0 Å². The lowest BCUT2D eigenvalue weighted by molar-refractivity contribution is -0.143. The number of allylic oxidation sites excluding steroid dienone is 3. The van der Waals surface area contributed by atoms with Crippen molar-refractivity contribution in [1.82, 2.24) is 5.32 Å². The van der Waals surface area contributed by atoms with Gasteiger partial charge in [0.15, 0.2) is 0 Å². The van der Waals surface area contributed by atoms with E-state index in [2.05, 4.69) is 31.3 Å². The highest BCUT2D eigenvalue weighted by atomic mass is 16.5. The van der Waals surface area contributed by atoms with Crippen molar-refractivity contribution in [3.05, 3.63) is 24.3 Å². The molecule has 0 aliphatic heterocycles. The van der Waals surface area contributed by atoms with Gasteiger partial charge in [0.2, 0.25) is 5.91 Å². The van der Waals surface area contributed by atoms with Crippen molar-refractivity contribution in [2.75, 3.05) is 13.2 Å². The Morgan fingerprint density at radius 3 is 1.16 bits per heavy atom. The molecule has 360 valence electrons. The molecule has 0 aromatic carbocycles. The van der Waals surface area contributed by atoms with Crippen LogP contribution in [0.25, 0.3) is 0 Å². The first-order valence-corrected chi connectivity index (χ1v) is 27.1. The first-order chi connectivity index (χ1) is 30.0. The van der Waals surface area contributed by atoms with Crippen LogP contribution in [0.15, 0.2) is 24.3 Å². The highest BCUT2D eigenvalue weighted by Gasteiger charge is 2.18. The monoisotopic (exact) mass is 860 g/mol. The smallest absolute Gasteiger partial charge is 0.305 e. The third kappa shape index (κ3) is 47.7. The summed E-state index contributed by atoms with van der Waals surface area (Å²) in [7, 11) is 0. The number of nitrogens with one attached hydrogen (secondary N) is 1. The summed E-state index contributed by atoms with van der Waals surface area (Å²) in [5.74, 6) is -0.109. The lowest BCUT2D eigenvalue weighted by Crippen LogP contribution is -2.45. The maximum Gasteiger partial charge on any atom is 0.305 e. The van der Waals surface area contributed by atoms with E-state index < -0.39 is 12.1 Å². The van der Waals surface area contributed by atoms with Crippen molar-refractivity contribution >= 4 is 11.9 Å². The average Bonchev–Trinajstić information content (AvgIpc) is 3.26. The summed E-state index contributed by atoms with van der Waals surface area (Å²) >= 11 is 0. The van der Waals surface area contributed by atoms with E-state index in [0.717, 1.165) is 57.8 Å². The number of carbonyl (C=O) groups is 2. The fourth-order valence-corrected chi connectivity index (χ4v) is 8.27. The largest absolute Gasteiger partial charge is 0.466 e. The van der Waals surface area contributed by atoms with E-state index in [9.17, 15) is 19.8 Å². The summed E-state index contributed by atoms with van der Waals surface area (Å²) in [5.41, 5.74) is 0. The first-order valence-electron chi connectivity index (χ1n) is 27.1. The molecule has 0 aliphatic carbocycles. The predicted molar refractivity (Wildman–Crippen MR) is 264 cm³/mol. The molecule has 0 saturated heterocycles. The zero-order valence-electron chi connectivity index (χ0n) is 40.9. The van der Waals surface area contributed by atoms with Gasteiger partial charge in [-0.25, -0.2) is 0 Å². The number of carbonyl (C=O) groups excluding carboxylic acids is 2. The van der Waals surface area contributed by atoms with Crippen molar-refractivity contribution in [2.45, 2.75) is 302 Å². The van der Waals surface area contributed by atoms with Gasteiger partial charge in [-0.2, -0.15) is 0 Å². The Labute approximate surface area is 380 Å². The van der Waals surface area contributed by atoms with E-state index in [0.29, 0.717) is 19.4 Å². The minimum atomic E-state index is -0.857. The fourth-order valence-electron chi connectivity index (χ4n) is 8.27. The van der Waals surface area contributed by atoms with Crippen LogP contribution < -0.4 is 5.32 Å². The van der Waals surface area contributed by atoms with Crippen molar-refractivity contribution in [2.24, 2.45) is 0 Å². The van der Waals surface area contributed by atoms with Crippen molar-refractivity contribution < 1.29 is 24.5 Å². The molecule has 6 nitrogen and oxygen atoms in total. The minimum absolute atomic E-state index is 0.0231. The van der Waals surface area contributed by atoms with Crippen LogP contribution >= 0.6 is 0 Å². The van der Waals surface area contributed by atoms with E-state index in [-0.39, 0.29) is 18.5 Å². The predicted octanol–water partition coefficient (Wildman–Crippen LogP) is 16.3. The molecule has 2 unspecified atom stereocenters. The third-order valence-electron chi connectivity index (χ3n) is 12.5. The van der Waals surface area contributed by atoms with Gasteiger partial charge in [-0.3, -0.25) is 9.59 Å². The number of hydrogen-bond acceptors (Lipinski definition) is 5. The summed E-state index contributed by atoms with van der Waals surface area (Å²) in [6, 6.07) is -0.642. The van der Waals surface area contributed by atoms with Crippen LogP contribution in [-0.4, -0.2) is 47.4 Å². The number of aliphatic hydroxyl groups is 2. The molecule has 1 amide bonds. The molecule has 0 aromatic heterocycles. The molecule has 0 radical (unpaired) electrons. The molecule has 0 aromatic rings. The van der Waals surface area contributed by atoms with Crippen LogP contribution in [0.3, 0.4) is 0 Å². The zero-order chi connectivity index (χ0) is 44.4. The highest BCUT2D eigenvalue weighted by Crippen LogP contribution is 2.16. The molecule has 0 fully saturated rings. The number of esters is 1. The molecule has 61 heavy (non-hydrogen) atoms. The Bertz CT molecular complexity index is 951. The summed E-state index contributed by atoms with van der Waals surface area (Å²) in [5, 5.41) is 23.1. The Morgan fingerprint density at radius 1 is 0.443 bits per heavy atom. The van der Waals surface area contributed by atoms with Gasteiger partial charge in [-0.1, -0.05) is 244 Å². The number of rotatable bonds is 50. The Balaban J connectivity index is 3.51. The quantitative estimate of drug-likeness (QED) is 0.0322. The Kier molecular flexibility index (Phi) is 49.6. The van der Waals surface area contributed by atoms with Gasteiger partial charge in [-0.05, 0) is 57.8 Å². The van der Waals surface area contributed by atoms with E-state index in [1.54, 1.807) is 6.08 Å². The van der Waals surface area contributed by atoms with Crippen LogP contribution in [0, 0.1) is 0 Å². The van der Waals surface area contributed by atoms with E-state index in [1.807, 2.05) is 6.08 Å². The van der Waals surface area contributed by atoms with Crippen LogP contribution in [-0.2, 0) is 14.3 Å². The molecular formula is C55H105NO5. The Hall–Kier alpha value is -1.66. The molecule has 0 saturated carbocycles. The molecule has 0 heterocycles. The standard InChI is InChI=1S/C55H105NO5/c1-3-5-7-9-11-13-15-17-19-20-21-23-24-27-31-35-39-43-47-53(58)52(51-57)56-54(59)48-44-40-36-32-28-26-30-34-38-42-46-50-61-55(60)49-45-41-37-33-29-25-22-18-16-14-12-10-8-6-4-2/h18,22,43,47,52-53,57-58H,3-17,19-21,23-42,44-46,48-51H2,1-2H3,(H,56,59)/b22-18-,47-43+. The van der Waals surface area contributed by atoms with Crippen LogP contribution in [0.2, 0.25) is 0 Å². The second kappa shape index (κ2) is 51.0. The third-order valence-corrected chi connectivity index (χ3v) is 12.5. The molecular weight excluding hydrogens is 755 g/mol. The molecule has 0 rings (SSSR count). The zero-order valence-corrected chi connectivity index (χ0v) is 40.9. The summed E-state index contributed by atoms with van der Waals surface area (Å²) in [4.78, 5) is 24.5. The average molecular weight is 860 g/mol. The number of amides is 1. The highest BCUT2D eigenvalue weighted by molar-refractivity contribution is 5.76. The normalized spacial score (nSPS) is 12.8. The Morgan fingerprint density at radius 2 is 0.770 bits per heavy atom. The summed E-state index contributed by atoms with van der Waals surface area (Å²) < 4.78 is 5.46. The van der Waals surface area contributed by atoms with Crippen molar-refractivity contribution in [3.63, 3.8) is 0 Å². The molecule has 0 spiro atoms. The topological polar surface area (TPSA) is 95.9 Å². The second-order valence-electron chi connectivity index (χ2n) is 18.6. The van der Waals surface area contributed by atoms with Gasteiger partial charge in [0, 0.05) is 12.8 Å². The number of unbranched alkanes of at least 4 members (excludes halogenated alkanes) is 37. The van der Waals surface area contributed by atoms with Gasteiger partial charge >= 0.3 is 5.97 Å². The number of aliphatic hydroxyl groups excluding tert-OH is 2. The molecule has 2 atom stereocenters. The lowest BCUT2D eigenvalue weighted by Gasteiger charge is -2.20. The minimum Gasteiger partial charge on any atom is -0.466 e. The number of hydrogen-bond donors (Lipinski definition) is 3. The van der Waals surface area contributed by atoms with Crippen LogP contribution in [0.4, 0.5) is 0 Å². The van der Waals surface area contributed by atoms with E-state index in [4.69, 9.17) is 4.74 Å². The molecule has 6 heteroatoms. The molecule has 0 aliphatic rings. The summed E-state index contributed by atoms with van der Waals surface area (Å²) in [6.07, 6.45) is 60.3. The van der Waals surface area contributed by atoms with Gasteiger partial charge in [0.1, 0.15) is 0 Å². The SMILES string of the molecule is CCCCCCCC/C=C\CCCCCCCC(=O)OCCCCCCCCCCCCCC(=O)NC(CO)C(O)/C=C/CCCCCCCCCCCCCCCCCC. The van der Waals surface area contributed by atoms with E-state index >= 15 is 0 Å². The van der Waals surface area contributed by atoms with Gasteiger partial charge in [0.05, 0.1) is 25.4 Å². The van der Waals surface area contributed by atoms with Gasteiger partial charge < -0.3 is 20.3 Å². The first kappa shape index (κ1) is 59.3. The van der Waals surface area contributed by atoms with Crippen LogP contribution in [0.5, 0.6) is 0 Å². The maximum absolute atomic E-state index is 12.4. The van der Waals surface area contributed by atoms with Crippen LogP contribution in [0.1, 0.15) is 290 Å². The molecule has 0 bridgehead atoms. The van der Waals surface area contributed by atoms with Gasteiger partial charge in [0.25, 0.3) is 0 Å². The fraction of sp³-hybridized carbons (Fsp3) is 0.891. The number of ether oxygens (including phenoxy) is 1. The second-order valence-corrected chi connectivity index (χ2v) is 18.6. The van der Waals surface area contributed by atoms with Crippen molar-refractivity contribution in [3.8, 4) is 0 Å². The van der Waals surface area contributed by atoms with Gasteiger partial charge in [-0.15, -0.1) is 0 Å². The summed E-state index contributed by atoms with van der Waals surface area (Å²) in [6.45, 7) is 4.86. The molecule has 3 N–H and O–H groups in total. The maximum atomic E-state index is 12.4. The van der Waals surface area contributed by atoms with E-state index in [1.165, 1.54) is 205 Å². The lowest BCUT2D eigenvalue weighted by atomic mass is 10.0.